The molecule has 2 aromatic rings. The smallest absolute Gasteiger partial charge is 0.213 e. The molecule has 0 aliphatic carbocycles. The SMILES string of the molecule is COc1ccc(NCc2cccc(OC)n2)c(C)c1. The van der Waals surface area contributed by atoms with E-state index in [0.717, 1.165) is 22.7 Å². The van der Waals surface area contributed by atoms with E-state index in [1.807, 2.05) is 43.3 Å². The first kappa shape index (κ1) is 13.2. The summed E-state index contributed by atoms with van der Waals surface area (Å²) in [4.78, 5) is 4.36. The Morgan fingerprint density at radius 2 is 1.95 bits per heavy atom. The molecule has 0 saturated carbocycles. The normalized spacial score (nSPS) is 10.1. The molecule has 1 aromatic heterocycles. The van der Waals surface area contributed by atoms with Crippen LogP contribution in [0.2, 0.25) is 0 Å². The van der Waals surface area contributed by atoms with Gasteiger partial charge in [-0.25, -0.2) is 4.98 Å². The van der Waals surface area contributed by atoms with Crippen LogP contribution in [0.5, 0.6) is 11.6 Å². The molecule has 2 rings (SSSR count). The summed E-state index contributed by atoms with van der Waals surface area (Å²) in [6, 6.07) is 11.7. The number of nitrogens with zero attached hydrogens (tertiary/aromatic N) is 1. The van der Waals surface area contributed by atoms with Crippen LogP contribution in [0.1, 0.15) is 11.3 Å². The van der Waals surface area contributed by atoms with Gasteiger partial charge in [0.25, 0.3) is 0 Å². The third-order valence-corrected chi connectivity index (χ3v) is 2.88. The Balaban J connectivity index is 2.05. The number of aromatic nitrogens is 1. The van der Waals surface area contributed by atoms with E-state index in [-0.39, 0.29) is 0 Å². The maximum atomic E-state index is 5.19. The summed E-state index contributed by atoms with van der Waals surface area (Å²) in [5.74, 6) is 1.49. The highest BCUT2D eigenvalue weighted by Crippen LogP contribution is 2.21. The van der Waals surface area contributed by atoms with Gasteiger partial charge < -0.3 is 14.8 Å². The van der Waals surface area contributed by atoms with Gasteiger partial charge in [-0.15, -0.1) is 0 Å². The number of benzene rings is 1. The lowest BCUT2D eigenvalue weighted by Gasteiger charge is -2.11. The third-order valence-electron chi connectivity index (χ3n) is 2.88. The Hall–Kier alpha value is -2.23. The lowest BCUT2D eigenvalue weighted by Crippen LogP contribution is -2.03. The molecule has 0 radical (unpaired) electrons. The lowest BCUT2D eigenvalue weighted by molar-refractivity contribution is 0.396. The predicted octanol–water partition coefficient (Wildman–Crippen LogP) is 3.02. The summed E-state index contributed by atoms with van der Waals surface area (Å²) < 4.78 is 10.3. The van der Waals surface area contributed by atoms with E-state index in [1.165, 1.54) is 0 Å². The van der Waals surface area contributed by atoms with Crippen LogP contribution in [0.3, 0.4) is 0 Å². The van der Waals surface area contributed by atoms with Gasteiger partial charge in [-0.2, -0.15) is 0 Å². The molecule has 0 fully saturated rings. The number of anilines is 1. The Morgan fingerprint density at radius 1 is 1.11 bits per heavy atom. The number of pyridine rings is 1. The van der Waals surface area contributed by atoms with E-state index < -0.39 is 0 Å². The number of nitrogens with one attached hydrogen (secondary N) is 1. The van der Waals surface area contributed by atoms with Crippen molar-refractivity contribution in [1.82, 2.24) is 4.98 Å². The molecular formula is C15H18N2O2. The van der Waals surface area contributed by atoms with E-state index in [0.29, 0.717) is 12.4 Å². The van der Waals surface area contributed by atoms with Gasteiger partial charge in [-0.1, -0.05) is 6.07 Å². The van der Waals surface area contributed by atoms with Gasteiger partial charge in [-0.3, -0.25) is 0 Å². The van der Waals surface area contributed by atoms with Crippen LogP contribution in [0.4, 0.5) is 5.69 Å². The van der Waals surface area contributed by atoms with Gasteiger partial charge >= 0.3 is 0 Å². The first-order valence-corrected chi connectivity index (χ1v) is 6.11. The Labute approximate surface area is 113 Å². The molecule has 1 N–H and O–H groups in total. The summed E-state index contributed by atoms with van der Waals surface area (Å²) >= 11 is 0. The molecule has 19 heavy (non-hydrogen) atoms. The molecule has 4 heteroatoms. The Kier molecular flexibility index (Phi) is 4.23. The van der Waals surface area contributed by atoms with Crippen molar-refractivity contribution in [1.29, 1.82) is 0 Å². The number of methoxy groups -OCH3 is 2. The number of ether oxygens (including phenoxy) is 2. The van der Waals surface area contributed by atoms with Crippen molar-refractivity contribution in [3.63, 3.8) is 0 Å². The molecule has 4 nitrogen and oxygen atoms in total. The van der Waals surface area contributed by atoms with Gasteiger partial charge in [0.15, 0.2) is 0 Å². The minimum absolute atomic E-state index is 0.630. The zero-order valence-electron chi connectivity index (χ0n) is 11.4. The average molecular weight is 258 g/mol. The second-order valence-electron chi connectivity index (χ2n) is 4.21. The van der Waals surface area contributed by atoms with E-state index >= 15 is 0 Å². The standard InChI is InChI=1S/C15H18N2O2/c1-11-9-13(18-2)7-8-14(11)16-10-12-5-4-6-15(17-12)19-3/h4-9,16H,10H2,1-3H3. The van der Waals surface area contributed by atoms with Crippen molar-refractivity contribution in [2.24, 2.45) is 0 Å². The fourth-order valence-electron chi connectivity index (χ4n) is 1.82. The minimum Gasteiger partial charge on any atom is -0.497 e. The molecule has 0 atom stereocenters. The number of hydrogen-bond acceptors (Lipinski definition) is 4. The van der Waals surface area contributed by atoms with Crippen molar-refractivity contribution in [3.05, 3.63) is 47.7 Å². The van der Waals surface area contributed by atoms with E-state index in [4.69, 9.17) is 9.47 Å². The zero-order chi connectivity index (χ0) is 13.7. The summed E-state index contributed by atoms with van der Waals surface area (Å²) in [6.07, 6.45) is 0. The van der Waals surface area contributed by atoms with Crippen molar-refractivity contribution < 1.29 is 9.47 Å². The third kappa shape index (κ3) is 3.37. The van der Waals surface area contributed by atoms with Crippen molar-refractivity contribution in [2.75, 3.05) is 19.5 Å². The predicted molar refractivity (Wildman–Crippen MR) is 75.8 cm³/mol. The lowest BCUT2D eigenvalue weighted by atomic mass is 10.2. The van der Waals surface area contributed by atoms with Crippen LogP contribution in [0.25, 0.3) is 0 Å². The van der Waals surface area contributed by atoms with Crippen LogP contribution in [0, 0.1) is 6.92 Å². The molecule has 0 bridgehead atoms. The topological polar surface area (TPSA) is 43.4 Å². The minimum atomic E-state index is 0.630. The second kappa shape index (κ2) is 6.09. The highest BCUT2D eigenvalue weighted by molar-refractivity contribution is 5.53. The summed E-state index contributed by atoms with van der Waals surface area (Å²) in [6.45, 7) is 2.70. The van der Waals surface area contributed by atoms with Crippen LogP contribution >= 0.6 is 0 Å². The monoisotopic (exact) mass is 258 g/mol. The number of hydrogen-bond donors (Lipinski definition) is 1. The molecule has 0 unspecified atom stereocenters. The van der Waals surface area contributed by atoms with Crippen LogP contribution in [-0.4, -0.2) is 19.2 Å². The first-order chi connectivity index (χ1) is 9.22. The molecule has 100 valence electrons. The van der Waals surface area contributed by atoms with Crippen LogP contribution in [-0.2, 0) is 6.54 Å². The molecule has 0 amide bonds. The Morgan fingerprint density at radius 3 is 2.63 bits per heavy atom. The maximum absolute atomic E-state index is 5.19. The van der Waals surface area contributed by atoms with Crippen LogP contribution in [0.15, 0.2) is 36.4 Å². The molecule has 0 saturated heterocycles. The van der Waals surface area contributed by atoms with Gasteiger partial charge in [0.2, 0.25) is 5.88 Å². The summed E-state index contributed by atoms with van der Waals surface area (Å²) in [5.41, 5.74) is 3.15. The largest absolute Gasteiger partial charge is 0.497 e. The van der Waals surface area contributed by atoms with E-state index in [1.54, 1.807) is 14.2 Å². The molecule has 0 spiro atoms. The van der Waals surface area contributed by atoms with Gasteiger partial charge in [0.1, 0.15) is 5.75 Å². The van der Waals surface area contributed by atoms with Crippen molar-refractivity contribution in [2.45, 2.75) is 13.5 Å². The molecular weight excluding hydrogens is 240 g/mol. The van der Waals surface area contributed by atoms with Gasteiger partial charge in [0, 0.05) is 11.8 Å². The maximum Gasteiger partial charge on any atom is 0.213 e. The zero-order valence-corrected chi connectivity index (χ0v) is 11.4. The van der Waals surface area contributed by atoms with Crippen molar-refractivity contribution in [3.8, 4) is 11.6 Å². The fraction of sp³-hybridized carbons (Fsp3) is 0.267. The quantitative estimate of drug-likeness (QED) is 0.895. The van der Waals surface area contributed by atoms with Gasteiger partial charge in [-0.05, 0) is 36.8 Å². The molecule has 1 aromatic carbocycles. The Bertz CT molecular complexity index is 556. The molecule has 1 heterocycles. The van der Waals surface area contributed by atoms with E-state index in [2.05, 4.69) is 10.3 Å². The first-order valence-electron chi connectivity index (χ1n) is 6.11. The highest BCUT2D eigenvalue weighted by Gasteiger charge is 2.02. The van der Waals surface area contributed by atoms with Crippen LogP contribution < -0.4 is 14.8 Å². The summed E-state index contributed by atoms with van der Waals surface area (Å²) in [5, 5.41) is 3.36. The number of aryl methyl sites for hydroxylation is 1. The highest BCUT2D eigenvalue weighted by atomic mass is 16.5. The average Bonchev–Trinajstić information content (AvgIpc) is 2.46. The molecule has 0 aliphatic rings. The van der Waals surface area contributed by atoms with Crippen molar-refractivity contribution >= 4 is 5.69 Å². The number of rotatable bonds is 5. The van der Waals surface area contributed by atoms with E-state index in [9.17, 15) is 0 Å². The molecule has 0 aliphatic heterocycles. The fourth-order valence-corrected chi connectivity index (χ4v) is 1.82. The second-order valence-corrected chi connectivity index (χ2v) is 4.21. The summed E-state index contributed by atoms with van der Waals surface area (Å²) in [7, 11) is 3.29. The van der Waals surface area contributed by atoms with Gasteiger partial charge in [0.05, 0.1) is 26.5 Å².